The molecule has 1 amide bonds. The molecule has 9 heteroatoms. The minimum atomic E-state index is -1.09. The maximum Gasteiger partial charge on any atom is 0.353 e. The highest BCUT2D eigenvalue weighted by Crippen LogP contribution is 2.45. The molecule has 1 saturated heterocycles. The number of amides is 1. The third-order valence-corrected chi connectivity index (χ3v) is 6.47. The van der Waals surface area contributed by atoms with Crippen molar-refractivity contribution in [2.24, 2.45) is 0 Å². The molecule has 0 radical (unpaired) electrons. The molecule has 2 aliphatic rings. The summed E-state index contributed by atoms with van der Waals surface area (Å²) in [5.41, 5.74) is 2.28. The molecule has 6 nitrogen and oxygen atoms in total. The number of carbonyl (C=O) groups is 2. The number of thioether (sulfide) groups is 1. The summed E-state index contributed by atoms with van der Waals surface area (Å²) in [4.78, 5) is 30.0. The molecule has 4 heterocycles. The van der Waals surface area contributed by atoms with Crippen molar-refractivity contribution in [2.75, 3.05) is 0 Å². The van der Waals surface area contributed by atoms with Gasteiger partial charge in [-0.1, -0.05) is 22.9 Å². The summed E-state index contributed by atoms with van der Waals surface area (Å²) in [5.74, 6) is -1.37. The van der Waals surface area contributed by atoms with Crippen molar-refractivity contribution in [3.63, 3.8) is 0 Å². The number of imidazole rings is 1. The van der Waals surface area contributed by atoms with E-state index in [1.807, 2.05) is 28.8 Å². The van der Waals surface area contributed by atoms with E-state index in [0.717, 1.165) is 15.2 Å². The number of halogens is 1. The lowest BCUT2D eigenvalue weighted by atomic mass is 10.0. The van der Waals surface area contributed by atoms with Gasteiger partial charge in [-0.15, -0.1) is 11.8 Å². The SMILES string of the molecule is O=C(O)C1=CS[C@@H]2C(=Cc3cn4c(n3)sc3cc(Cl)ccc34)C(=O)N12. The molecule has 0 unspecified atom stereocenters. The van der Waals surface area contributed by atoms with Gasteiger partial charge in [0.2, 0.25) is 0 Å². The van der Waals surface area contributed by atoms with E-state index in [1.54, 1.807) is 6.08 Å². The van der Waals surface area contributed by atoms with Crippen molar-refractivity contribution in [1.29, 1.82) is 0 Å². The number of benzene rings is 1. The van der Waals surface area contributed by atoms with Crippen LogP contribution >= 0.6 is 34.7 Å². The van der Waals surface area contributed by atoms with Gasteiger partial charge in [-0.25, -0.2) is 9.78 Å². The predicted molar refractivity (Wildman–Crippen MR) is 97.5 cm³/mol. The van der Waals surface area contributed by atoms with Crippen LogP contribution in [0.2, 0.25) is 5.02 Å². The van der Waals surface area contributed by atoms with Crippen molar-refractivity contribution in [3.8, 4) is 0 Å². The van der Waals surface area contributed by atoms with Gasteiger partial charge in [-0.05, 0) is 24.3 Å². The average Bonchev–Trinajstić information content (AvgIpc) is 3.22. The summed E-state index contributed by atoms with van der Waals surface area (Å²) < 4.78 is 3.01. The number of carbonyl (C=O) groups excluding carboxylic acids is 1. The number of β-lactam (4-membered cyclic amide) rings is 1. The Morgan fingerprint density at radius 2 is 2.24 bits per heavy atom. The number of aliphatic carboxylic acids is 1. The molecule has 0 saturated carbocycles. The predicted octanol–water partition coefficient (Wildman–Crippen LogP) is 3.43. The van der Waals surface area contributed by atoms with Crippen LogP contribution in [0.5, 0.6) is 0 Å². The molecule has 1 N–H and O–H groups in total. The van der Waals surface area contributed by atoms with E-state index in [2.05, 4.69) is 4.98 Å². The van der Waals surface area contributed by atoms with Crippen LogP contribution in [0.3, 0.4) is 0 Å². The van der Waals surface area contributed by atoms with Gasteiger partial charge in [-0.2, -0.15) is 0 Å². The van der Waals surface area contributed by atoms with Crippen LogP contribution in [0.25, 0.3) is 21.3 Å². The number of rotatable bonds is 2. The Kier molecular flexibility index (Phi) is 3.06. The van der Waals surface area contributed by atoms with Gasteiger partial charge in [0.1, 0.15) is 11.1 Å². The van der Waals surface area contributed by atoms with Crippen LogP contribution in [-0.2, 0) is 9.59 Å². The van der Waals surface area contributed by atoms with E-state index in [0.29, 0.717) is 16.3 Å². The van der Waals surface area contributed by atoms with Crippen LogP contribution in [0, 0.1) is 0 Å². The zero-order valence-corrected chi connectivity index (χ0v) is 14.7. The first-order chi connectivity index (χ1) is 12.0. The van der Waals surface area contributed by atoms with Crippen molar-refractivity contribution in [2.45, 2.75) is 5.37 Å². The quantitative estimate of drug-likeness (QED) is 0.537. The Morgan fingerprint density at radius 1 is 1.40 bits per heavy atom. The molecule has 124 valence electrons. The van der Waals surface area contributed by atoms with Gasteiger partial charge < -0.3 is 5.11 Å². The third kappa shape index (κ3) is 2.08. The maximum atomic E-state index is 12.3. The number of hydrogen-bond acceptors (Lipinski definition) is 5. The van der Waals surface area contributed by atoms with Crippen LogP contribution in [-0.4, -0.2) is 36.6 Å². The first kappa shape index (κ1) is 15.0. The van der Waals surface area contributed by atoms with E-state index >= 15 is 0 Å². The molecule has 0 bridgehead atoms. The fourth-order valence-corrected chi connectivity index (χ4v) is 5.40. The molecular formula is C16H8ClN3O3S2. The molecule has 5 rings (SSSR count). The first-order valence-electron chi connectivity index (χ1n) is 7.24. The van der Waals surface area contributed by atoms with E-state index in [1.165, 1.54) is 33.4 Å². The minimum Gasteiger partial charge on any atom is -0.477 e. The van der Waals surface area contributed by atoms with Gasteiger partial charge in [0, 0.05) is 16.6 Å². The second kappa shape index (κ2) is 5.10. The summed E-state index contributed by atoms with van der Waals surface area (Å²) in [5, 5.41) is 11.0. The highest BCUT2D eigenvalue weighted by atomic mass is 35.5. The first-order valence-corrected chi connectivity index (χ1v) is 9.38. The molecule has 3 aromatic rings. The van der Waals surface area contributed by atoms with Crippen molar-refractivity contribution in [1.82, 2.24) is 14.3 Å². The smallest absolute Gasteiger partial charge is 0.353 e. The van der Waals surface area contributed by atoms with E-state index in [-0.39, 0.29) is 17.0 Å². The molecular weight excluding hydrogens is 382 g/mol. The van der Waals surface area contributed by atoms with Crippen LogP contribution < -0.4 is 0 Å². The van der Waals surface area contributed by atoms with Gasteiger partial charge in [-0.3, -0.25) is 14.1 Å². The number of carboxylic acids is 1. The number of fused-ring (bicyclic) bond motifs is 4. The molecule has 0 aliphatic carbocycles. The summed E-state index contributed by atoms with van der Waals surface area (Å²) in [7, 11) is 0. The van der Waals surface area contributed by atoms with E-state index in [9.17, 15) is 9.59 Å². The highest BCUT2D eigenvalue weighted by Gasteiger charge is 2.49. The highest BCUT2D eigenvalue weighted by molar-refractivity contribution is 8.03. The minimum absolute atomic E-state index is 0.0332. The Morgan fingerprint density at radius 3 is 3.04 bits per heavy atom. The average molecular weight is 390 g/mol. The second-order valence-corrected chi connectivity index (χ2v) is 8.00. The van der Waals surface area contributed by atoms with E-state index < -0.39 is 5.97 Å². The van der Waals surface area contributed by atoms with Gasteiger partial charge in [0.05, 0.1) is 21.5 Å². The largest absolute Gasteiger partial charge is 0.477 e. The van der Waals surface area contributed by atoms with Crippen LogP contribution in [0.4, 0.5) is 0 Å². The number of thiazole rings is 1. The fourth-order valence-electron chi connectivity index (χ4n) is 2.99. The number of nitrogens with zero attached hydrogens (tertiary/aromatic N) is 3. The third-order valence-electron chi connectivity index (χ3n) is 4.13. The lowest BCUT2D eigenvalue weighted by Crippen LogP contribution is -2.51. The lowest BCUT2D eigenvalue weighted by Gasteiger charge is -2.36. The molecule has 0 spiro atoms. The van der Waals surface area contributed by atoms with Crippen LogP contribution in [0.15, 0.2) is 41.1 Å². The maximum absolute atomic E-state index is 12.3. The molecule has 1 atom stereocenters. The Hall–Kier alpha value is -2.29. The lowest BCUT2D eigenvalue weighted by molar-refractivity contribution is -0.141. The fraction of sp³-hybridized carbons (Fsp3) is 0.0625. The number of carboxylic acid groups (broad SMARTS) is 1. The molecule has 2 aliphatic heterocycles. The summed E-state index contributed by atoms with van der Waals surface area (Å²) in [6, 6.07) is 5.66. The Labute approximate surface area is 154 Å². The van der Waals surface area contributed by atoms with Gasteiger partial charge in [0.25, 0.3) is 5.91 Å². The zero-order valence-electron chi connectivity index (χ0n) is 12.3. The molecule has 2 aromatic heterocycles. The van der Waals surface area contributed by atoms with Crippen molar-refractivity contribution < 1.29 is 14.7 Å². The van der Waals surface area contributed by atoms with Crippen molar-refractivity contribution in [3.05, 3.63) is 51.8 Å². The zero-order chi connectivity index (χ0) is 17.3. The Bertz CT molecular complexity index is 1160. The molecule has 1 aromatic carbocycles. The van der Waals surface area contributed by atoms with Crippen molar-refractivity contribution >= 4 is 67.8 Å². The van der Waals surface area contributed by atoms with Crippen LogP contribution in [0.1, 0.15) is 5.69 Å². The number of aromatic nitrogens is 2. The topological polar surface area (TPSA) is 74.9 Å². The summed E-state index contributed by atoms with van der Waals surface area (Å²) in [6.45, 7) is 0. The standard InChI is InChI=1S/C16H8ClN3O3S2/c17-7-1-2-10-12(3-7)25-16-18-8(5-19(10)16)4-9-13(21)20-11(15(22)23)6-24-14(9)20/h1-6,14H,(H,22,23)/t14-/m1/s1. The number of hydrogen-bond donors (Lipinski definition) is 1. The second-order valence-electron chi connectivity index (χ2n) is 5.60. The van der Waals surface area contributed by atoms with Gasteiger partial charge >= 0.3 is 5.97 Å². The monoisotopic (exact) mass is 389 g/mol. The molecule has 25 heavy (non-hydrogen) atoms. The molecule has 1 fully saturated rings. The summed E-state index contributed by atoms with van der Waals surface area (Å²) >= 11 is 8.86. The Balaban J connectivity index is 1.52. The van der Waals surface area contributed by atoms with E-state index in [4.69, 9.17) is 16.7 Å². The van der Waals surface area contributed by atoms with Gasteiger partial charge in [0.15, 0.2) is 4.96 Å². The normalized spacial score (nSPS) is 21.1. The summed E-state index contributed by atoms with van der Waals surface area (Å²) in [6.07, 6.45) is 3.60.